The lowest BCUT2D eigenvalue weighted by atomic mass is 10.1. The first-order valence-electron chi connectivity index (χ1n) is 8.86. The van der Waals surface area contributed by atoms with Gasteiger partial charge >= 0.3 is 0 Å². The number of rotatable bonds is 5. The van der Waals surface area contributed by atoms with Crippen molar-refractivity contribution in [2.24, 2.45) is 0 Å². The number of nitrogens with one attached hydrogen (secondary N) is 1. The van der Waals surface area contributed by atoms with E-state index in [1.807, 2.05) is 13.8 Å². The fraction of sp³-hybridized carbons (Fsp3) is 0.211. The predicted octanol–water partition coefficient (Wildman–Crippen LogP) is 2.75. The predicted molar refractivity (Wildman–Crippen MR) is 104 cm³/mol. The number of anilines is 2. The smallest absolute Gasteiger partial charge is 0.220 e. The van der Waals surface area contributed by atoms with Crippen molar-refractivity contribution in [1.82, 2.24) is 29.7 Å². The number of halogens is 2. The number of nitrogens with zero attached hydrogens (tertiary/aromatic N) is 6. The molecule has 0 amide bonds. The highest BCUT2D eigenvalue weighted by Crippen LogP contribution is 2.21. The van der Waals surface area contributed by atoms with Crippen LogP contribution in [0.15, 0.2) is 30.7 Å². The Balaban J connectivity index is 1.60. The second-order valence-electron chi connectivity index (χ2n) is 6.61. The van der Waals surface area contributed by atoms with Crippen LogP contribution in [0.1, 0.15) is 22.5 Å². The number of fused-ring (bicyclic) bond motifs is 1. The maximum atomic E-state index is 13.9. The van der Waals surface area contributed by atoms with Gasteiger partial charge in [0.15, 0.2) is 5.65 Å². The van der Waals surface area contributed by atoms with Crippen LogP contribution < -0.4 is 11.1 Å². The summed E-state index contributed by atoms with van der Waals surface area (Å²) in [6, 6.07) is 3.47. The molecular weight excluding hydrogens is 378 g/mol. The first-order valence-corrected chi connectivity index (χ1v) is 8.86. The molecule has 3 N–H and O–H groups in total. The summed E-state index contributed by atoms with van der Waals surface area (Å²) in [5, 5.41) is 8.29. The number of aryl methyl sites for hydroxylation is 2. The van der Waals surface area contributed by atoms with Gasteiger partial charge in [-0.25, -0.2) is 28.7 Å². The number of nitrogen functional groups attached to an aromatic ring is 1. The Labute approximate surface area is 164 Å². The minimum Gasteiger partial charge on any atom is -0.368 e. The molecule has 0 bridgehead atoms. The topological polar surface area (TPSA) is 107 Å². The molecule has 148 valence electrons. The van der Waals surface area contributed by atoms with Gasteiger partial charge in [-0.2, -0.15) is 5.10 Å². The summed E-state index contributed by atoms with van der Waals surface area (Å²) in [6.45, 7) is 4.33. The van der Waals surface area contributed by atoms with Crippen molar-refractivity contribution in [2.45, 2.75) is 26.9 Å². The summed E-state index contributed by atoms with van der Waals surface area (Å²) in [6.07, 6.45) is 3.12. The first kappa shape index (κ1) is 18.7. The van der Waals surface area contributed by atoms with Crippen LogP contribution in [0.4, 0.5) is 20.5 Å². The molecule has 3 heterocycles. The van der Waals surface area contributed by atoms with Crippen LogP contribution in [0.5, 0.6) is 0 Å². The molecule has 4 rings (SSSR count). The zero-order valence-electron chi connectivity index (χ0n) is 15.8. The van der Waals surface area contributed by atoms with E-state index in [0.717, 1.165) is 23.0 Å². The Morgan fingerprint density at radius 3 is 2.59 bits per heavy atom. The van der Waals surface area contributed by atoms with Crippen molar-refractivity contribution in [1.29, 1.82) is 0 Å². The maximum Gasteiger partial charge on any atom is 0.220 e. The summed E-state index contributed by atoms with van der Waals surface area (Å²) >= 11 is 0. The zero-order chi connectivity index (χ0) is 20.5. The second kappa shape index (κ2) is 7.38. The average Bonchev–Trinajstić information content (AvgIpc) is 3.06. The van der Waals surface area contributed by atoms with Crippen LogP contribution in [0.2, 0.25) is 0 Å². The van der Waals surface area contributed by atoms with Gasteiger partial charge in [0.05, 0.1) is 11.9 Å². The highest BCUT2D eigenvalue weighted by molar-refractivity contribution is 5.85. The maximum absolute atomic E-state index is 13.9. The van der Waals surface area contributed by atoms with Crippen LogP contribution in [0.3, 0.4) is 0 Å². The van der Waals surface area contributed by atoms with Gasteiger partial charge in [0.1, 0.15) is 23.8 Å². The standard InChI is InChI=1S/C19H18F2N8/c1-10-14(11(2)27-19(22)26-10)6-23-17-15-8-29(28-18(15)25-9-24-17)7-12-3-4-13(20)5-16(12)21/h3-5,8-9H,6-7H2,1-2H3,(H2,22,26,27)(H,23,24,25,28). The molecule has 4 aromatic rings. The normalized spacial score (nSPS) is 11.2. The van der Waals surface area contributed by atoms with Crippen molar-refractivity contribution in [3.63, 3.8) is 0 Å². The van der Waals surface area contributed by atoms with E-state index >= 15 is 0 Å². The minimum absolute atomic E-state index is 0.145. The fourth-order valence-electron chi connectivity index (χ4n) is 3.12. The van der Waals surface area contributed by atoms with Crippen molar-refractivity contribution in [3.05, 3.63) is 64.9 Å². The molecule has 0 fully saturated rings. The molecule has 0 aliphatic heterocycles. The van der Waals surface area contributed by atoms with E-state index in [1.165, 1.54) is 18.5 Å². The molecule has 0 radical (unpaired) electrons. The molecule has 0 saturated carbocycles. The average molecular weight is 396 g/mol. The summed E-state index contributed by atoms with van der Waals surface area (Å²) < 4.78 is 28.6. The van der Waals surface area contributed by atoms with E-state index in [-0.39, 0.29) is 12.5 Å². The van der Waals surface area contributed by atoms with Crippen LogP contribution >= 0.6 is 0 Å². The first-order chi connectivity index (χ1) is 13.9. The third kappa shape index (κ3) is 3.82. The SMILES string of the molecule is Cc1nc(N)nc(C)c1CNc1ncnc2nn(Cc3ccc(F)cc3F)cc12. The molecule has 1 aromatic carbocycles. The molecule has 0 aliphatic rings. The Hall–Kier alpha value is -3.69. The van der Waals surface area contributed by atoms with Crippen molar-refractivity contribution in [2.75, 3.05) is 11.1 Å². The van der Waals surface area contributed by atoms with Crippen molar-refractivity contribution >= 4 is 22.8 Å². The quantitative estimate of drug-likeness (QED) is 0.534. The summed E-state index contributed by atoms with van der Waals surface area (Å²) in [4.78, 5) is 16.8. The zero-order valence-corrected chi connectivity index (χ0v) is 15.8. The molecular formula is C19H18F2N8. The largest absolute Gasteiger partial charge is 0.368 e. The molecule has 0 saturated heterocycles. The lowest BCUT2D eigenvalue weighted by Crippen LogP contribution is -2.10. The number of hydrogen-bond acceptors (Lipinski definition) is 7. The number of benzene rings is 1. The Morgan fingerprint density at radius 1 is 1.10 bits per heavy atom. The van der Waals surface area contributed by atoms with Crippen LogP contribution in [0.25, 0.3) is 11.0 Å². The van der Waals surface area contributed by atoms with Crippen molar-refractivity contribution < 1.29 is 8.78 Å². The molecule has 8 nitrogen and oxygen atoms in total. The van der Waals surface area contributed by atoms with Gasteiger partial charge < -0.3 is 11.1 Å². The fourth-order valence-corrected chi connectivity index (χ4v) is 3.12. The van der Waals surface area contributed by atoms with Crippen LogP contribution in [0, 0.1) is 25.5 Å². The third-order valence-electron chi connectivity index (χ3n) is 4.58. The molecule has 29 heavy (non-hydrogen) atoms. The van der Waals surface area contributed by atoms with Gasteiger partial charge in [0.2, 0.25) is 5.95 Å². The number of aromatic nitrogens is 6. The third-order valence-corrected chi connectivity index (χ3v) is 4.58. The lowest BCUT2D eigenvalue weighted by molar-refractivity contribution is 0.559. The van der Waals surface area contributed by atoms with E-state index in [4.69, 9.17) is 5.73 Å². The molecule has 10 heteroatoms. The van der Waals surface area contributed by atoms with E-state index in [0.29, 0.717) is 29.0 Å². The van der Waals surface area contributed by atoms with E-state index < -0.39 is 11.6 Å². The van der Waals surface area contributed by atoms with Crippen LogP contribution in [-0.4, -0.2) is 29.7 Å². The Bertz CT molecular complexity index is 1180. The van der Waals surface area contributed by atoms with Gasteiger partial charge in [0, 0.05) is 41.3 Å². The summed E-state index contributed by atoms with van der Waals surface area (Å²) in [5.74, 6) is -0.423. The monoisotopic (exact) mass is 396 g/mol. The van der Waals surface area contributed by atoms with Gasteiger partial charge in [0.25, 0.3) is 0 Å². The van der Waals surface area contributed by atoms with Gasteiger partial charge in [-0.1, -0.05) is 6.07 Å². The second-order valence-corrected chi connectivity index (χ2v) is 6.61. The highest BCUT2D eigenvalue weighted by atomic mass is 19.1. The molecule has 0 atom stereocenters. The molecule has 3 aromatic heterocycles. The van der Waals surface area contributed by atoms with Gasteiger partial charge in [-0.05, 0) is 19.9 Å². The van der Waals surface area contributed by atoms with E-state index in [1.54, 1.807) is 10.9 Å². The van der Waals surface area contributed by atoms with Crippen LogP contribution in [-0.2, 0) is 13.1 Å². The lowest BCUT2D eigenvalue weighted by Gasteiger charge is -2.11. The number of hydrogen-bond donors (Lipinski definition) is 2. The Morgan fingerprint density at radius 2 is 1.86 bits per heavy atom. The molecule has 0 spiro atoms. The van der Waals surface area contributed by atoms with E-state index in [2.05, 4.69) is 30.4 Å². The number of nitrogens with two attached hydrogens (primary N) is 1. The summed E-state index contributed by atoms with van der Waals surface area (Å²) in [7, 11) is 0. The van der Waals surface area contributed by atoms with E-state index in [9.17, 15) is 8.78 Å². The summed E-state index contributed by atoms with van der Waals surface area (Å²) in [5.41, 5.74) is 8.96. The molecule has 0 aliphatic carbocycles. The highest BCUT2D eigenvalue weighted by Gasteiger charge is 2.12. The van der Waals surface area contributed by atoms with Crippen molar-refractivity contribution in [3.8, 4) is 0 Å². The van der Waals surface area contributed by atoms with Gasteiger partial charge in [-0.3, -0.25) is 4.68 Å². The molecule has 0 unspecified atom stereocenters. The minimum atomic E-state index is -0.622. The Kier molecular flexibility index (Phi) is 4.75. The van der Waals surface area contributed by atoms with Gasteiger partial charge in [-0.15, -0.1) is 0 Å².